The number of sulfonamides is 1. The molecule has 0 aliphatic carbocycles. The van der Waals surface area contributed by atoms with Crippen molar-refractivity contribution in [1.82, 2.24) is 10.2 Å². The standard InChI is InChI=1S/C26H35Cl2N3O4S/c1-6-18(4)29-26(33)23(8-3)30(16-19-13-14-21(27)22(28)15-19)25(32)17-31(36(5,34)35)24-12-10-9-11-20(24)7-2/h9-15,18,23H,6-8,16-17H2,1-5H3,(H,29,33)/t18-,23+/m1/s1. The number of para-hydroxylation sites is 1. The van der Waals surface area contributed by atoms with Crippen LogP contribution in [0.2, 0.25) is 10.0 Å². The smallest absolute Gasteiger partial charge is 0.244 e. The van der Waals surface area contributed by atoms with Crippen LogP contribution in [0.15, 0.2) is 42.5 Å². The van der Waals surface area contributed by atoms with Crippen molar-refractivity contribution in [3.63, 3.8) is 0 Å². The number of halogens is 2. The largest absolute Gasteiger partial charge is 0.352 e. The molecule has 0 unspecified atom stereocenters. The van der Waals surface area contributed by atoms with Gasteiger partial charge in [0, 0.05) is 12.6 Å². The maximum atomic E-state index is 13.8. The first kappa shape index (κ1) is 29.9. The molecule has 36 heavy (non-hydrogen) atoms. The van der Waals surface area contributed by atoms with Crippen LogP contribution >= 0.6 is 23.2 Å². The summed E-state index contributed by atoms with van der Waals surface area (Å²) in [5, 5.41) is 3.65. The highest BCUT2D eigenvalue weighted by Gasteiger charge is 2.32. The second-order valence-corrected chi connectivity index (χ2v) is 11.5. The SMILES string of the molecule is CCc1ccccc1N(CC(=O)N(Cc1ccc(Cl)c(Cl)c1)[C@@H](CC)C(=O)N[C@H](C)CC)S(C)(=O)=O. The molecule has 2 amide bonds. The first-order valence-electron chi connectivity index (χ1n) is 12.0. The predicted molar refractivity (Wildman–Crippen MR) is 147 cm³/mol. The molecule has 0 radical (unpaired) electrons. The molecule has 0 aromatic heterocycles. The summed E-state index contributed by atoms with van der Waals surface area (Å²) < 4.78 is 26.7. The highest BCUT2D eigenvalue weighted by molar-refractivity contribution is 7.92. The second kappa shape index (κ2) is 13.3. The Labute approximate surface area is 224 Å². The summed E-state index contributed by atoms with van der Waals surface area (Å²) in [5.41, 5.74) is 1.92. The van der Waals surface area contributed by atoms with Crippen LogP contribution in [0.25, 0.3) is 0 Å². The molecule has 0 aliphatic rings. The number of anilines is 1. The van der Waals surface area contributed by atoms with Crippen molar-refractivity contribution in [2.24, 2.45) is 0 Å². The van der Waals surface area contributed by atoms with E-state index in [0.29, 0.717) is 34.1 Å². The number of nitrogens with one attached hydrogen (secondary N) is 1. The van der Waals surface area contributed by atoms with E-state index in [-0.39, 0.29) is 18.5 Å². The number of rotatable bonds is 12. The highest BCUT2D eigenvalue weighted by atomic mass is 35.5. The lowest BCUT2D eigenvalue weighted by molar-refractivity contribution is -0.140. The van der Waals surface area contributed by atoms with Crippen LogP contribution in [0, 0.1) is 0 Å². The number of nitrogens with zero attached hydrogens (tertiary/aromatic N) is 2. The Morgan fingerprint density at radius 3 is 2.22 bits per heavy atom. The number of carbonyl (C=O) groups excluding carboxylic acids is 2. The summed E-state index contributed by atoms with van der Waals surface area (Å²) in [4.78, 5) is 28.4. The minimum atomic E-state index is -3.79. The van der Waals surface area contributed by atoms with E-state index >= 15 is 0 Å². The fraction of sp³-hybridized carbons (Fsp3) is 0.462. The lowest BCUT2D eigenvalue weighted by Gasteiger charge is -2.33. The van der Waals surface area contributed by atoms with E-state index in [1.807, 2.05) is 39.8 Å². The molecular weight excluding hydrogens is 521 g/mol. The third-order valence-corrected chi connectivity index (χ3v) is 7.91. The van der Waals surface area contributed by atoms with Crippen LogP contribution in [-0.2, 0) is 32.6 Å². The van der Waals surface area contributed by atoms with E-state index in [2.05, 4.69) is 5.32 Å². The van der Waals surface area contributed by atoms with Crippen LogP contribution in [0.1, 0.15) is 51.7 Å². The molecule has 0 saturated carbocycles. The number of hydrogen-bond acceptors (Lipinski definition) is 4. The van der Waals surface area contributed by atoms with Gasteiger partial charge in [-0.3, -0.25) is 13.9 Å². The van der Waals surface area contributed by atoms with Gasteiger partial charge in [0.25, 0.3) is 0 Å². The van der Waals surface area contributed by atoms with Gasteiger partial charge >= 0.3 is 0 Å². The zero-order valence-corrected chi connectivity index (χ0v) is 23.8. The Morgan fingerprint density at radius 2 is 1.67 bits per heavy atom. The number of aryl methyl sites for hydroxylation is 1. The molecule has 0 fully saturated rings. The zero-order valence-electron chi connectivity index (χ0n) is 21.4. The molecule has 2 atom stereocenters. The van der Waals surface area contributed by atoms with Crippen molar-refractivity contribution in [3.8, 4) is 0 Å². The van der Waals surface area contributed by atoms with E-state index in [1.54, 1.807) is 30.3 Å². The fourth-order valence-electron chi connectivity index (χ4n) is 3.84. The van der Waals surface area contributed by atoms with Gasteiger partial charge in [-0.25, -0.2) is 8.42 Å². The molecule has 10 heteroatoms. The first-order chi connectivity index (χ1) is 16.9. The molecule has 2 rings (SSSR count). The molecular formula is C26H35Cl2N3O4S. The fourth-order valence-corrected chi connectivity index (χ4v) is 5.04. The lowest BCUT2D eigenvalue weighted by atomic mass is 10.1. The Balaban J connectivity index is 2.50. The summed E-state index contributed by atoms with van der Waals surface area (Å²) in [5.74, 6) is -0.788. The first-order valence-corrected chi connectivity index (χ1v) is 14.6. The molecule has 0 saturated heterocycles. The molecule has 0 heterocycles. The molecule has 198 valence electrons. The van der Waals surface area contributed by atoms with Crippen molar-refractivity contribution in [2.75, 3.05) is 17.1 Å². The van der Waals surface area contributed by atoms with Crippen LogP contribution in [-0.4, -0.2) is 50.0 Å². The Hall–Kier alpha value is -2.29. The van der Waals surface area contributed by atoms with Crippen molar-refractivity contribution in [3.05, 3.63) is 63.6 Å². The zero-order chi connectivity index (χ0) is 27.0. The number of hydrogen-bond donors (Lipinski definition) is 1. The van der Waals surface area contributed by atoms with E-state index in [0.717, 1.165) is 22.5 Å². The summed E-state index contributed by atoms with van der Waals surface area (Å²) >= 11 is 12.3. The van der Waals surface area contributed by atoms with Crippen LogP contribution in [0.5, 0.6) is 0 Å². The van der Waals surface area contributed by atoms with Gasteiger partial charge < -0.3 is 10.2 Å². The topological polar surface area (TPSA) is 86.8 Å². The lowest BCUT2D eigenvalue weighted by Crippen LogP contribution is -2.53. The Bertz CT molecular complexity index is 1170. The molecule has 2 aromatic rings. The van der Waals surface area contributed by atoms with Crippen LogP contribution in [0.4, 0.5) is 5.69 Å². The van der Waals surface area contributed by atoms with E-state index in [1.165, 1.54) is 4.90 Å². The second-order valence-electron chi connectivity index (χ2n) is 8.76. The molecule has 0 spiro atoms. The molecule has 2 aromatic carbocycles. The normalized spacial score (nSPS) is 13.1. The highest BCUT2D eigenvalue weighted by Crippen LogP contribution is 2.26. The summed E-state index contributed by atoms with van der Waals surface area (Å²) in [6.07, 6.45) is 2.75. The molecule has 0 bridgehead atoms. The quantitative estimate of drug-likeness (QED) is 0.397. The van der Waals surface area contributed by atoms with Gasteiger partial charge in [-0.2, -0.15) is 0 Å². The van der Waals surface area contributed by atoms with E-state index in [4.69, 9.17) is 23.2 Å². The van der Waals surface area contributed by atoms with Crippen molar-refractivity contribution < 1.29 is 18.0 Å². The maximum Gasteiger partial charge on any atom is 0.244 e. The van der Waals surface area contributed by atoms with Crippen LogP contribution in [0.3, 0.4) is 0 Å². The molecule has 7 nitrogen and oxygen atoms in total. The third kappa shape index (κ3) is 7.85. The number of benzene rings is 2. The minimum Gasteiger partial charge on any atom is -0.352 e. The van der Waals surface area contributed by atoms with Gasteiger partial charge in [0.2, 0.25) is 21.8 Å². The van der Waals surface area contributed by atoms with Gasteiger partial charge in [-0.1, -0.05) is 68.2 Å². The van der Waals surface area contributed by atoms with Gasteiger partial charge in [-0.15, -0.1) is 0 Å². The van der Waals surface area contributed by atoms with E-state index in [9.17, 15) is 18.0 Å². The van der Waals surface area contributed by atoms with Crippen molar-refractivity contribution in [1.29, 1.82) is 0 Å². The van der Waals surface area contributed by atoms with Gasteiger partial charge in [0.15, 0.2) is 0 Å². The van der Waals surface area contributed by atoms with Crippen molar-refractivity contribution >= 4 is 50.7 Å². The van der Waals surface area contributed by atoms with Gasteiger partial charge in [-0.05, 0) is 55.5 Å². The monoisotopic (exact) mass is 555 g/mol. The van der Waals surface area contributed by atoms with Gasteiger partial charge in [0.1, 0.15) is 12.6 Å². The van der Waals surface area contributed by atoms with Crippen LogP contribution < -0.4 is 9.62 Å². The summed E-state index contributed by atoms with van der Waals surface area (Å²) in [7, 11) is -3.79. The summed E-state index contributed by atoms with van der Waals surface area (Å²) in [6, 6.07) is 11.2. The number of amides is 2. The van der Waals surface area contributed by atoms with Gasteiger partial charge in [0.05, 0.1) is 22.0 Å². The average molecular weight is 557 g/mol. The Morgan fingerprint density at radius 1 is 1.00 bits per heavy atom. The predicted octanol–water partition coefficient (Wildman–Crippen LogP) is 5.04. The maximum absolute atomic E-state index is 13.8. The minimum absolute atomic E-state index is 0.0647. The Kier molecular flexibility index (Phi) is 11.1. The third-order valence-electron chi connectivity index (χ3n) is 6.04. The summed E-state index contributed by atoms with van der Waals surface area (Å²) in [6.45, 7) is 7.21. The molecule has 1 N–H and O–H groups in total. The molecule has 0 aliphatic heterocycles. The average Bonchev–Trinajstić information content (AvgIpc) is 2.83. The van der Waals surface area contributed by atoms with E-state index < -0.39 is 28.5 Å². The number of carbonyl (C=O) groups is 2. The van der Waals surface area contributed by atoms with Crippen molar-refractivity contribution in [2.45, 2.75) is 65.6 Å².